The van der Waals surface area contributed by atoms with Gasteiger partial charge in [-0.05, 0) is 43.3 Å². The third-order valence-electron chi connectivity index (χ3n) is 3.12. The fraction of sp³-hybridized carbons (Fsp3) is 0.250. The largest absolute Gasteiger partial charge is 0.497 e. The average molecular weight is 420 g/mol. The molecule has 0 aromatic heterocycles. The molecule has 0 fully saturated rings. The summed E-state index contributed by atoms with van der Waals surface area (Å²) in [4.78, 5) is -0.0274. The van der Waals surface area contributed by atoms with E-state index in [1.807, 2.05) is 6.92 Å². The minimum Gasteiger partial charge on any atom is -0.497 e. The van der Waals surface area contributed by atoms with E-state index in [1.165, 1.54) is 43.5 Å². The summed E-state index contributed by atoms with van der Waals surface area (Å²) in [5.41, 5.74) is 0.897. The first-order chi connectivity index (χ1) is 12.2. The first-order valence-corrected chi connectivity index (χ1v) is 10.1. The zero-order valence-electron chi connectivity index (χ0n) is 14.6. The number of rotatable bonds is 9. The van der Waals surface area contributed by atoms with Gasteiger partial charge in [-0.2, -0.15) is 16.8 Å². The molecule has 2 aromatic carbocycles. The molecule has 0 aliphatic rings. The first-order valence-electron chi connectivity index (χ1n) is 7.41. The molecule has 0 radical (unpaired) electrons. The lowest BCUT2D eigenvalue weighted by Crippen LogP contribution is -2.18. The highest BCUT2D eigenvalue weighted by Crippen LogP contribution is 2.19. The van der Waals surface area contributed by atoms with Gasteiger partial charge in [-0.1, -0.05) is 17.7 Å². The Morgan fingerprint density at radius 1 is 0.778 bits per heavy atom. The standard InChI is InChI=1S/C16H18O8S2.H2O/c1-13-3-9-16(10-4-13)25(17,18)22-11-12-23-26(19,20)24-15-7-5-14(21-2)6-8-15;/h3-10H,11-12H2,1-2H3;1H2. The van der Waals surface area contributed by atoms with Gasteiger partial charge >= 0.3 is 10.4 Å². The monoisotopic (exact) mass is 420 g/mol. The van der Waals surface area contributed by atoms with Crippen molar-refractivity contribution < 1.29 is 39.6 Å². The highest BCUT2D eigenvalue weighted by molar-refractivity contribution is 7.86. The van der Waals surface area contributed by atoms with Crippen LogP contribution in [0.2, 0.25) is 0 Å². The third-order valence-corrected chi connectivity index (χ3v) is 5.30. The summed E-state index contributed by atoms with van der Waals surface area (Å²) >= 11 is 0. The number of hydrogen-bond acceptors (Lipinski definition) is 8. The molecule has 9 nitrogen and oxygen atoms in total. The Labute approximate surface area is 158 Å². The van der Waals surface area contributed by atoms with E-state index in [1.54, 1.807) is 12.1 Å². The second kappa shape index (κ2) is 9.67. The first kappa shape index (κ1) is 22.9. The van der Waals surface area contributed by atoms with E-state index < -0.39 is 33.7 Å². The topological polar surface area (TPSA) is 137 Å². The third kappa shape index (κ3) is 7.15. The molecule has 2 N–H and O–H groups in total. The molecule has 0 aliphatic heterocycles. The summed E-state index contributed by atoms with van der Waals surface area (Å²) in [6.07, 6.45) is 0. The van der Waals surface area contributed by atoms with Crippen LogP contribution < -0.4 is 8.92 Å². The minimum atomic E-state index is -4.36. The molecule has 0 heterocycles. The van der Waals surface area contributed by atoms with E-state index >= 15 is 0 Å². The Bertz CT molecular complexity index is 919. The van der Waals surface area contributed by atoms with Crippen LogP contribution in [0.15, 0.2) is 53.4 Å². The molecule has 0 saturated carbocycles. The van der Waals surface area contributed by atoms with Crippen molar-refractivity contribution in [1.82, 2.24) is 0 Å². The second-order valence-corrected chi connectivity index (χ2v) is 7.91. The molecule has 0 amide bonds. The van der Waals surface area contributed by atoms with Gasteiger partial charge in [0.1, 0.15) is 11.5 Å². The highest BCUT2D eigenvalue weighted by atomic mass is 32.3. The Morgan fingerprint density at radius 3 is 1.85 bits per heavy atom. The smallest absolute Gasteiger partial charge is 0.449 e. The van der Waals surface area contributed by atoms with Crippen molar-refractivity contribution in [1.29, 1.82) is 0 Å². The van der Waals surface area contributed by atoms with Crippen LogP contribution in [0.3, 0.4) is 0 Å². The van der Waals surface area contributed by atoms with Crippen molar-refractivity contribution in [3.63, 3.8) is 0 Å². The lowest BCUT2D eigenvalue weighted by atomic mass is 10.2. The summed E-state index contributed by atoms with van der Waals surface area (Å²) in [5, 5.41) is 0. The van der Waals surface area contributed by atoms with Gasteiger partial charge in [-0.25, -0.2) is 4.18 Å². The predicted molar refractivity (Wildman–Crippen MR) is 96.4 cm³/mol. The normalized spacial score (nSPS) is 11.5. The van der Waals surface area contributed by atoms with E-state index in [-0.39, 0.29) is 16.1 Å². The minimum absolute atomic E-state index is 0. The lowest BCUT2D eigenvalue weighted by Gasteiger charge is -2.08. The summed E-state index contributed by atoms with van der Waals surface area (Å²) in [5.74, 6) is 0.560. The highest BCUT2D eigenvalue weighted by Gasteiger charge is 2.17. The van der Waals surface area contributed by atoms with Crippen molar-refractivity contribution in [3.05, 3.63) is 54.1 Å². The SMILES string of the molecule is COc1ccc(OS(=O)(=O)OCCOS(=O)(=O)c2ccc(C)cc2)cc1.O. The van der Waals surface area contributed by atoms with E-state index in [2.05, 4.69) is 4.18 Å². The van der Waals surface area contributed by atoms with Gasteiger partial charge in [0.15, 0.2) is 0 Å². The van der Waals surface area contributed by atoms with Gasteiger partial charge in [0.25, 0.3) is 10.1 Å². The molecule has 11 heteroatoms. The Kier molecular flexibility index (Phi) is 8.19. The molecular weight excluding hydrogens is 400 g/mol. The fourth-order valence-corrected chi connectivity index (χ4v) is 3.39. The molecule has 150 valence electrons. The van der Waals surface area contributed by atoms with E-state index in [0.29, 0.717) is 5.75 Å². The Hall–Kier alpha value is -2.18. The predicted octanol–water partition coefficient (Wildman–Crippen LogP) is 1.22. The van der Waals surface area contributed by atoms with Crippen LogP contribution in [0.25, 0.3) is 0 Å². The van der Waals surface area contributed by atoms with Crippen LogP contribution in [0.1, 0.15) is 5.56 Å². The maximum Gasteiger partial charge on any atom is 0.449 e. The molecule has 2 aromatic rings. The molecule has 2 rings (SSSR count). The van der Waals surface area contributed by atoms with E-state index in [0.717, 1.165) is 5.56 Å². The van der Waals surface area contributed by atoms with Gasteiger partial charge in [0.05, 0.1) is 25.2 Å². The van der Waals surface area contributed by atoms with Crippen molar-refractivity contribution in [3.8, 4) is 11.5 Å². The van der Waals surface area contributed by atoms with Crippen molar-refractivity contribution >= 4 is 20.5 Å². The number of benzene rings is 2. The lowest BCUT2D eigenvalue weighted by molar-refractivity contribution is 0.207. The Balaban J connectivity index is 0.00000364. The van der Waals surface area contributed by atoms with Crippen LogP contribution >= 0.6 is 0 Å². The number of methoxy groups -OCH3 is 1. The second-order valence-electron chi connectivity index (χ2n) is 5.08. The molecule has 0 spiro atoms. The molecule has 0 unspecified atom stereocenters. The Morgan fingerprint density at radius 2 is 1.30 bits per heavy atom. The van der Waals surface area contributed by atoms with Crippen molar-refractivity contribution in [2.24, 2.45) is 0 Å². The van der Waals surface area contributed by atoms with E-state index in [4.69, 9.17) is 13.1 Å². The van der Waals surface area contributed by atoms with Crippen LogP contribution in [-0.4, -0.2) is 42.6 Å². The van der Waals surface area contributed by atoms with Crippen LogP contribution in [0, 0.1) is 6.92 Å². The quantitative estimate of drug-likeness (QED) is 0.436. The molecule has 27 heavy (non-hydrogen) atoms. The summed E-state index contributed by atoms with van der Waals surface area (Å²) in [6.45, 7) is 0.809. The molecule has 0 atom stereocenters. The fourth-order valence-electron chi connectivity index (χ4n) is 1.83. The van der Waals surface area contributed by atoms with E-state index in [9.17, 15) is 16.8 Å². The van der Waals surface area contributed by atoms with Crippen LogP contribution in [0.4, 0.5) is 0 Å². The van der Waals surface area contributed by atoms with Crippen LogP contribution in [-0.2, 0) is 28.9 Å². The molecular formula is C16H20O9S2. The zero-order valence-corrected chi connectivity index (χ0v) is 16.2. The van der Waals surface area contributed by atoms with Gasteiger partial charge in [-0.3, -0.25) is 4.18 Å². The molecule has 0 bridgehead atoms. The summed E-state index contributed by atoms with van der Waals surface area (Å²) in [7, 11) is -6.88. The van der Waals surface area contributed by atoms with Gasteiger partial charge in [-0.15, -0.1) is 0 Å². The number of ether oxygens (including phenoxy) is 1. The van der Waals surface area contributed by atoms with Gasteiger partial charge in [0, 0.05) is 0 Å². The van der Waals surface area contributed by atoms with Crippen molar-refractivity contribution in [2.45, 2.75) is 11.8 Å². The summed E-state index contributed by atoms with van der Waals surface area (Å²) in [6, 6.07) is 11.9. The number of aryl methyl sites for hydroxylation is 1. The number of hydrogen-bond donors (Lipinski definition) is 0. The maximum absolute atomic E-state index is 11.9. The van der Waals surface area contributed by atoms with Gasteiger partial charge in [0.2, 0.25) is 0 Å². The average Bonchev–Trinajstić information content (AvgIpc) is 2.59. The maximum atomic E-state index is 11.9. The van der Waals surface area contributed by atoms with Gasteiger partial charge < -0.3 is 14.4 Å². The van der Waals surface area contributed by atoms with Crippen LogP contribution in [0.5, 0.6) is 11.5 Å². The molecule has 0 saturated heterocycles. The van der Waals surface area contributed by atoms with Crippen molar-refractivity contribution in [2.75, 3.05) is 20.3 Å². The molecule has 0 aliphatic carbocycles. The summed E-state index contributed by atoms with van der Waals surface area (Å²) < 4.78 is 66.3. The zero-order chi connectivity index (χ0) is 19.2.